The minimum Gasteiger partial charge on any atom is -0.315 e. The van der Waals surface area contributed by atoms with Crippen LogP contribution in [0.2, 0.25) is 0 Å². The largest absolute Gasteiger partial charge is 0.315 e. The Hall–Kier alpha value is -4.22. The second-order valence-electron chi connectivity index (χ2n) is 7.08. The Morgan fingerprint density at radius 1 is 0.727 bits per heavy atom. The van der Waals surface area contributed by atoms with Crippen molar-refractivity contribution in [1.29, 1.82) is 0 Å². The Labute approximate surface area is 194 Å². The number of non-ortho nitro benzene ring substituents is 1. The molecule has 0 saturated heterocycles. The first-order chi connectivity index (χ1) is 16.1. The number of nitrogens with one attached hydrogen (secondary N) is 2. The molecule has 33 heavy (non-hydrogen) atoms. The maximum absolute atomic E-state index is 11.3. The molecule has 0 bridgehead atoms. The van der Waals surface area contributed by atoms with E-state index in [1.807, 2.05) is 48.5 Å². The summed E-state index contributed by atoms with van der Waals surface area (Å²) in [5.74, 6) is 0.755. The number of para-hydroxylation sites is 2. The van der Waals surface area contributed by atoms with Crippen LogP contribution in [0.1, 0.15) is 0 Å². The van der Waals surface area contributed by atoms with Gasteiger partial charge < -0.3 is 5.32 Å². The van der Waals surface area contributed by atoms with E-state index in [4.69, 9.17) is 0 Å². The minimum atomic E-state index is -0.436. The number of hydrogen-bond donors (Lipinski definition) is 2. The Balaban J connectivity index is 1.45. The average molecular weight is 472 g/mol. The predicted octanol–water partition coefficient (Wildman–Crippen LogP) is 6.24. The number of fused-ring (bicyclic) bond motifs is 3. The van der Waals surface area contributed by atoms with Crippen molar-refractivity contribution in [2.24, 2.45) is 0 Å². The molecule has 3 aromatic carbocycles. The van der Waals surface area contributed by atoms with Crippen LogP contribution in [0.3, 0.4) is 0 Å². The van der Waals surface area contributed by atoms with Gasteiger partial charge in [-0.2, -0.15) is 4.98 Å². The Bertz CT molecular complexity index is 1610. The molecule has 6 aromatic rings. The topological polar surface area (TPSA) is 119 Å². The van der Waals surface area contributed by atoms with Crippen LogP contribution in [0, 0.1) is 10.1 Å². The number of thiazole rings is 2. The average Bonchev–Trinajstić information content (AvgIpc) is 3.41. The van der Waals surface area contributed by atoms with Gasteiger partial charge in [0.2, 0.25) is 5.95 Å². The molecule has 0 aliphatic carbocycles. The molecule has 6 rings (SSSR count). The van der Waals surface area contributed by atoms with Crippen LogP contribution in [-0.4, -0.2) is 24.9 Å². The van der Waals surface area contributed by atoms with Crippen LogP contribution in [0.25, 0.3) is 31.3 Å². The number of nitro benzene ring substituents is 1. The van der Waals surface area contributed by atoms with Gasteiger partial charge in [0, 0.05) is 12.1 Å². The molecule has 0 spiro atoms. The van der Waals surface area contributed by atoms with E-state index in [-0.39, 0.29) is 5.69 Å². The van der Waals surface area contributed by atoms with E-state index < -0.39 is 4.92 Å². The highest BCUT2D eigenvalue weighted by atomic mass is 32.1. The SMILES string of the molecule is O=[N+]([O-])c1ccc2nc(Nc3nc4ccccc4s3)nc(Nc3nc4ccccc4s3)c2c1. The summed E-state index contributed by atoms with van der Waals surface area (Å²) in [6, 6.07) is 20.1. The van der Waals surface area contributed by atoms with Crippen molar-refractivity contribution in [3.8, 4) is 0 Å². The van der Waals surface area contributed by atoms with Crippen LogP contribution in [-0.2, 0) is 0 Å². The van der Waals surface area contributed by atoms with E-state index in [2.05, 4.69) is 30.6 Å². The van der Waals surface area contributed by atoms with Crippen molar-refractivity contribution in [2.45, 2.75) is 0 Å². The molecule has 0 aliphatic heterocycles. The number of hydrogen-bond acceptors (Lipinski definition) is 10. The van der Waals surface area contributed by atoms with Crippen molar-refractivity contribution >= 4 is 81.7 Å². The zero-order chi connectivity index (χ0) is 22.4. The van der Waals surface area contributed by atoms with Crippen molar-refractivity contribution in [1.82, 2.24) is 19.9 Å². The number of rotatable bonds is 5. The van der Waals surface area contributed by atoms with Gasteiger partial charge >= 0.3 is 0 Å². The van der Waals surface area contributed by atoms with Crippen LogP contribution in [0.5, 0.6) is 0 Å². The summed E-state index contributed by atoms with van der Waals surface area (Å²) in [5, 5.41) is 19.6. The maximum atomic E-state index is 11.3. The fraction of sp³-hybridized carbons (Fsp3) is 0. The molecule has 2 N–H and O–H groups in total. The fourth-order valence-corrected chi connectivity index (χ4v) is 5.15. The maximum Gasteiger partial charge on any atom is 0.270 e. The summed E-state index contributed by atoms with van der Waals surface area (Å²) >= 11 is 2.97. The van der Waals surface area contributed by atoms with Gasteiger partial charge in [-0.25, -0.2) is 15.0 Å². The molecule has 0 atom stereocenters. The molecule has 0 saturated carbocycles. The molecule has 3 aromatic heterocycles. The lowest BCUT2D eigenvalue weighted by Crippen LogP contribution is -2.02. The number of nitro groups is 1. The highest BCUT2D eigenvalue weighted by Crippen LogP contribution is 2.33. The molecular weight excluding hydrogens is 458 g/mol. The third-order valence-electron chi connectivity index (χ3n) is 4.92. The molecule has 160 valence electrons. The van der Waals surface area contributed by atoms with Crippen molar-refractivity contribution in [3.05, 3.63) is 76.8 Å². The lowest BCUT2D eigenvalue weighted by atomic mass is 10.2. The van der Waals surface area contributed by atoms with E-state index in [1.165, 1.54) is 34.8 Å². The lowest BCUT2D eigenvalue weighted by Gasteiger charge is -2.09. The lowest BCUT2D eigenvalue weighted by molar-refractivity contribution is -0.384. The van der Waals surface area contributed by atoms with Crippen molar-refractivity contribution in [3.63, 3.8) is 0 Å². The summed E-state index contributed by atoms with van der Waals surface area (Å²) in [4.78, 5) is 29.2. The monoisotopic (exact) mass is 471 g/mol. The summed E-state index contributed by atoms with van der Waals surface area (Å²) in [7, 11) is 0. The molecule has 0 unspecified atom stereocenters. The molecule has 11 heteroatoms. The van der Waals surface area contributed by atoms with Crippen LogP contribution in [0.15, 0.2) is 66.7 Å². The standard InChI is InChI=1S/C22H13N7O2S2/c30-29(31)12-9-10-14-13(11-12)19(27-21-24-15-5-1-3-7-17(15)32-21)26-20(23-14)28-22-25-16-6-2-4-8-18(16)33-22/h1-11H,(H2,23,24,25,26,27,28). The van der Waals surface area contributed by atoms with Gasteiger partial charge in [0.05, 0.1) is 36.3 Å². The van der Waals surface area contributed by atoms with Crippen LogP contribution >= 0.6 is 22.7 Å². The highest BCUT2D eigenvalue weighted by molar-refractivity contribution is 7.22. The summed E-state index contributed by atoms with van der Waals surface area (Å²) in [6.07, 6.45) is 0. The quantitative estimate of drug-likeness (QED) is 0.224. The normalized spacial score (nSPS) is 11.3. The summed E-state index contributed by atoms with van der Waals surface area (Å²) in [6.45, 7) is 0. The molecule has 0 fully saturated rings. The van der Waals surface area contributed by atoms with Gasteiger partial charge in [-0.1, -0.05) is 46.9 Å². The Kier molecular flexibility index (Phi) is 4.56. The number of nitrogens with zero attached hydrogens (tertiary/aromatic N) is 5. The summed E-state index contributed by atoms with van der Waals surface area (Å²) < 4.78 is 2.07. The fourth-order valence-electron chi connectivity index (χ4n) is 3.43. The Morgan fingerprint density at radius 2 is 1.36 bits per heavy atom. The van der Waals surface area contributed by atoms with Gasteiger partial charge in [0.15, 0.2) is 10.3 Å². The molecule has 0 radical (unpaired) electrons. The number of aromatic nitrogens is 4. The van der Waals surface area contributed by atoms with Gasteiger partial charge in [-0.15, -0.1) is 0 Å². The van der Waals surface area contributed by atoms with Gasteiger partial charge in [0.25, 0.3) is 5.69 Å². The third kappa shape index (κ3) is 3.69. The van der Waals surface area contributed by atoms with E-state index in [1.54, 1.807) is 6.07 Å². The summed E-state index contributed by atoms with van der Waals surface area (Å²) in [5.41, 5.74) is 2.27. The van der Waals surface area contributed by atoms with E-state index in [0.717, 1.165) is 20.4 Å². The third-order valence-corrected chi connectivity index (χ3v) is 6.83. The zero-order valence-corrected chi connectivity index (χ0v) is 18.4. The predicted molar refractivity (Wildman–Crippen MR) is 132 cm³/mol. The molecule has 0 amide bonds. The van der Waals surface area contributed by atoms with Crippen molar-refractivity contribution in [2.75, 3.05) is 10.6 Å². The van der Waals surface area contributed by atoms with Crippen LogP contribution in [0.4, 0.5) is 27.7 Å². The number of anilines is 4. The first-order valence-electron chi connectivity index (χ1n) is 9.84. The van der Waals surface area contributed by atoms with Gasteiger partial charge in [-0.05, 0) is 30.3 Å². The zero-order valence-electron chi connectivity index (χ0n) is 16.7. The second-order valence-corrected chi connectivity index (χ2v) is 9.14. The Morgan fingerprint density at radius 3 is 2.00 bits per heavy atom. The van der Waals surface area contributed by atoms with Gasteiger partial charge in [-0.3, -0.25) is 15.4 Å². The highest BCUT2D eigenvalue weighted by Gasteiger charge is 2.16. The smallest absolute Gasteiger partial charge is 0.270 e. The van der Waals surface area contributed by atoms with Crippen molar-refractivity contribution < 1.29 is 4.92 Å². The molecule has 3 heterocycles. The minimum absolute atomic E-state index is 0.0367. The van der Waals surface area contributed by atoms with E-state index in [0.29, 0.717) is 32.9 Å². The number of benzene rings is 3. The van der Waals surface area contributed by atoms with Crippen LogP contribution < -0.4 is 10.6 Å². The first kappa shape index (κ1) is 19.5. The molecular formula is C22H13N7O2S2. The second kappa shape index (κ2) is 7.73. The molecule has 0 aliphatic rings. The first-order valence-corrected chi connectivity index (χ1v) is 11.5. The van der Waals surface area contributed by atoms with Gasteiger partial charge in [0.1, 0.15) is 5.82 Å². The molecule has 9 nitrogen and oxygen atoms in total. The van der Waals surface area contributed by atoms with E-state index in [9.17, 15) is 10.1 Å². The van der Waals surface area contributed by atoms with E-state index >= 15 is 0 Å².